The van der Waals surface area contributed by atoms with Gasteiger partial charge in [0, 0.05) is 0 Å². The Morgan fingerprint density at radius 3 is 3.10 bits per heavy atom. The van der Waals surface area contributed by atoms with Gasteiger partial charge in [-0.2, -0.15) is 0 Å². The van der Waals surface area contributed by atoms with Crippen LogP contribution in [0.4, 0.5) is 0 Å². The first-order valence-electron chi connectivity index (χ1n) is 3.82. The zero-order valence-electron chi connectivity index (χ0n) is 6.36. The Kier molecular flexibility index (Phi) is 3.70. The van der Waals surface area contributed by atoms with Crippen LogP contribution in [0.3, 0.4) is 0 Å². The van der Waals surface area contributed by atoms with Gasteiger partial charge in [0.1, 0.15) is 0 Å². The van der Waals surface area contributed by atoms with Crippen molar-refractivity contribution < 1.29 is 0 Å². The van der Waals surface area contributed by atoms with E-state index in [4.69, 9.17) is 0 Å². The van der Waals surface area contributed by atoms with E-state index in [2.05, 4.69) is 34.0 Å². The third-order valence-corrected chi connectivity index (χ3v) is 2.94. The summed E-state index contributed by atoms with van der Waals surface area (Å²) in [6.45, 7) is 1.18. The summed E-state index contributed by atoms with van der Waals surface area (Å²) in [5.41, 5.74) is 0. The fourth-order valence-electron chi connectivity index (χ4n) is 1.33. The first-order chi connectivity index (χ1) is 4.83. The van der Waals surface area contributed by atoms with E-state index in [0.29, 0.717) is 0 Å². The molecule has 1 aliphatic rings. The highest BCUT2D eigenvalue weighted by molar-refractivity contribution is 14.1. The van der Waals surface area contributed by atoms with Crippen LogP contribution in [0.25, 0.3) is 0 Å². The highest BCUT2D eigenvalue weighted by Crippen LogP contribution is 2.26. The van der Waals surface area contributed by atoms with Crippen molar-refractivity contribution in [2.75, 3.05) is 13.6 Å². The molecule has 1 N–H and O–H groups in total. The van der Waals surface area contributed by atoms with Crippen molar-refractivity contribution in [3.63, 3.8) is 0 Å². The highest BCUT2D eigenvalue weighted by atomic mass is 127. The molecule has 0 fully saturated rings. The molecule has 0 aromatic carbocycles. The molecule has 0 saturated carbocycles. The van der Waals surface area contributed by atoms with Gasteiger partial charge in [-0.05, 0) is 64.9 Å². The van der Waals surface area contributed by atoms with Crippen LogP contribution >= 0.6 is 22.6 Å². The predicted octanol–water partition coefficient (Wildman–Crippen LogP) is 2.32. The van der Waals surface area contributed by atoms with Crippen molar-refractivity contribution in [1.29, 1.82) is 0 Å². The lowest BCUT2D eigenvalue weighted by molar-refractivity contribution is 0.457. The third kappa shape index (κ3) is 2.58. The number of rotatable bonds is 2. The van der Waals surface area contributed by atoms with E-state index in [-0.39, 0.29) is 0 Å². The van der Waals surface area contributed by atoms with Crippen molar-refractivity contribution in [3.8, 4) is 0 Å². The fraction of sp³-hybridized carbons (Fsp3) is 0.750. The second kappa shape index (κ2) is 4.34. The van der Waals surface area contributed by atoms with Gasteiger partial charge in [0.25, 0.3) is 0 Å². The average molecular weight is 251 g/mol. The van der Waals surface area contributed by atoms with Crippen molar-refractivity contribution in [2.24, 2.45) is 5.92 Å². The molecule has 1 rings (SSSR count). The first kappa shape index (κ1) is 8.53. The molecule has 0 radical (unpaired) electrons. The summed E-state index contributed by atoms with van der Waals surface area (Å²) in [6, 6.07) is 0. The standard InChI is InChI=1S/C8H14IN/c1-10-6-7-2-4-8(9)5-3-7/h4,7,10H,2-3,5-6H2,1H3. The third-order valence-electron chi connectivity index (χ3n) is 1.96. The minimum absolute atomic E-state index is 0.892. The van der Waals surface area contributed by atoms with Gasteiger partial charge in [-0.15, -0.1) is 0 Å². The number of nitrogens with one attached hydrogen (secondary N) is 1. The lowest BCUT2D eigenvalue weighted by atomic mass is 9.94. The second-order valence-electron chi connectivity index (χ2n) is 2.85. The van der Waals surface area contributed by atoms with Crippen LogP contribution in [0.2, 0.25) is 0 Å². The minimum Gasteiger partial charge on any atom is -0.319 e. The Hall–Kier alpha value is 0.430. The fourth-order valence-corrected chi connectivity index (χ4v) is 1.90. The lowest BCUT2D eigenvalue weighted by Crippen LogP contribution is -2.19. The molecule has 10 heavy (non-hydrogen) atoms. The Morgan fingerprint density at radius 2 is 2.60 bits per heavy atom. The van der Waals surface area contributed by atoms with Crippen molar-refractivity contribution in [2.45, 2.75) is 19.3 Å². The van der Waals surface area contributed by atoms with Gasteiger partial charge in [0.15, 0.2) is 0 Å². The van der Waals surface area contributed by atoms with Gasteiger partial charge in [0.2, 0.25) is 0 Å². The van der Waals surface area contributed by atoms with Crippen molar-refractivity contribution >= 4 is 22.6 Å². The molecule has 1 aliphatic carbocycles. The molecule has 58 valence electrons. The Balaban J connectivity index is 2.27. The van der Waals surface area contributed by atoms with Crippen LogP contribution in [-0.4, -0.2) is 13.6 Å². The molecular formula is C8H14IN. The van der Waals surface area contributed by atoms with Gasteiger partial charge >= 0.3 is 0 Å². The Bertz CT molecular complexity index is 131. The zero-order chi connectivity index (χ0) is 7.40. The maximum atomic E-state index is 3.22. The zero-order valence-corrected chi connectivity index (χ0v) is 8.52. The normalized spacial score (nSPS) is 26.2. The molecule has 0 spiro atoms. The topological polar surface area (TPSA) is 12.0 Å². The van der Waals surface area contributed by atoms with Crippen molar-refractivity contribution in [3.05, 3.63) is 9.66 Å². The van der Waals surface area contributed by atoms with E-state index in [1.54, 1.807) is 3.58 Å². The molecule has 1 nitrogen and oxygen atoms in total. The maximum absolute atomic E-state index is 3.22. The van der Waals surface area contributed by atoms with Crippen molar-refractivity contribution in [1.82, 2.24) is 5.32 Å². The van der Waals surface area contributed by atoms with Crippen LogP contribution < -0.4 is 5.32 Å². The van der Waals surface area contributed by atoms with E-state index < -0.39 is 0 Å². The van der Waals surface area contributed by atoms with Crippen LogP contribution in [0, 0.1) is 5.92 Å². The van der Waals surface area contributed by atoms with Crippen LogP contribution in [0.1, 0.15) is 19.3 Å². The Labute approximate surface area is 76.4 Å². The van der Waals surface area contributed by atoms with Gasteiger partial charge in [-0.3, -0.25) is 0 Å². The molecule has 1 atom stereocenters. The van der Waals surface area contributed by atoms with E-state index >= 15 is 0 Å². The van der Waals surface area contributed by atoms with Crippen LogP contribution in [0.15, 0.2) is 9.66 Å². The summed E-state index contributed by atoms with van der Waals surface area (Å²) in [4.78, 5) is 0. The summed E-state index contributed by atoms with van der Waals surface area (Å²) >= 11 is 2.44. The number of allylic oxidation sites excluding steroid dienone is 2. The molecule has 0 bridgehead atoms. The molecule has 0 saturated heterocycles. The highest BCUT2D eigenvalue weighted by Gasteiger charge is 2.11. The van der Waals surface area contributed by atoms with Gasteiger partial charge in [-0.25, -0.2) is 0 Å². The first-order valence-corrected chi connectivity index (χ1v) is 4.90. The molecular weight excluding hydrogens is 237 g/mol. The van der Waals surface area contributed by atoms with E-state index in [1.165, 1.54) is 25.8 Å². The van der Waals surface area contributed by atoms with E-state index in [9.17, 15) is 0 Å². The molecule has 1 unspecified atom stereocenters. The van der Waals surface area contributed by atoms with Gasteiger partial charge in [0.05, 0.1) is 0 Å². The SMILES string of the molecule is CNCC1CC=C(I)CC1. The molecule has 0 amide bonds. The molecule has 0 aromatic rings. The molecule has 2 heteroatoms. The second-order valence-corrected chi connectivity index (χ2v) is 4.23. The number of hydrogen-bond acceptors (Lipinski definition) is 1. The summed E-state index contributed by atoms with van der Waals surface area (Å²) in [7, 11) is 2.03. The maximum Gasteiger partial charge on any atom is -0.00204 e. The van der Waals surface area contributed by atoms with Crippen LogP contribution in [0.5, 0.6) is 0 Å². The largest absolute Gasteiger partial charge is 0.319 e. The predicted molar refractivity (Wildman–Crippen MR) is 53.4 cm³/mol. The summed E-state index contributed by atoms with van der Waals surface area (Å²) in [5, 5.41) is 3.22. The van der Waals surface area contributed by atoms with Gasteiger partial charge < -0.3 is 5.32 Å². The molecule has 0 heterocycles. The van der Waals surface area contributed by atoms with E-state index in [1.807, 2.05) is 7.05 Å². The van der Waals surface area contributed by atoms with E-state index in [0.717, 1.165) is 5.92 Å². The smallest absolute Gasteiger partial charge is 0.00204 e. The van der Waals surface area contributed by atoms with Gasteiger partial charge in [-0.1, -0.05) is 6.08 Å². The summed E-state index contributed by atoms with van der Waals surface area (Å²) in [5.74, 6) is 0.892. The molecule has 0 aromatic heterocycles. The summed E-state index contributed by atoms with van der Waals surface area (Å²) in [6.07, 6.45) is 6.31. The quantitative estimate of drug-likeness (QED) is 0.743. The average Bonchev–Trinajstić information content (AvgIpc) is 1.95. The lowest BCUT2D eigenvalue weighted by Gasteiger charge is -2.18. The Morgan fingerprint density at radius 1 is 1.80 bits per heavy atom. The minimum atomic E-state index is 0.892. The van der Waals surface area contributed by atoms with Crippen LogP contribution in [-0.2, 0) is 0 Å². The number of hydrogen-bond donors (Lipinski definition) is 1. The molecule has 0 aliphatic heterocycles. The number of halogens is 1. The summed E-state index contributed by atoms with van der Waals surface area (Å²) < 4.78 is 1.55. The monoisotopic (exact) mass is 251 g/mol.